The Hall–Kier alpha value is -1.62. The molecule has 0 bridgehead atoms. The maximum atomic E-state index is 11.8. The molecule has 1 heterocycles. The maximum absolute atomic E-state index is 11.8. The average Bonchev–Trinajstić information content (AvgIpc) is 2.64. The number of aromatic nitrogens is 2. The fraction of sp³-hybridized carbons (Fsp3) is 0.333. The van der Waals surface area contributed by atoms with Gasteiger partial charge in [-0.25, -0.2) is 0 Å². The van der Waals surface area contributed by atoms with Crippen LogP contribution in [0.25, 0.3) is 11.0 Å². The molecule has 0 radical (unpaired) electrons. The predicted molar refractivity (Wildman–Crippen MR) is 70.5 cm³/mol. The number of likely N-dealkylation sites (N-methyl/N-ethyl adjacent to an activating group) is 1. The Labute approximate surface area is 105 Å². The number of carbonyl (C=O) groups is 1. The molecule has 4 nitrogen and oxygen atoms in total. The van der Waals surface area contributed by atoms with Crippen LogP contribution < -0.4 is 5.32 Å². The fourth-order valence-corrected chi connectivity index (χ4v) is 2.26. The predicted octanol–water partition coefficient (Wildman–Crippen LogP) is 2.40. The van der Waals surface area contributed by atoms with Crippen LogP contribution in [-0.4, -0.2) is 22.0 Å². The van der Waals surface area contributed by atoms with Gasteiger partial charge < -0.3 is 14.9 Å². The van der Waals surface area contributed by atoms with Gasteiger partial charge >= 0.3 is 0 Å². The van der Waals surface area contributed by atoms with E-state index in [2.05, 4.69) is 10.3 Å². The van der Waals surface area contributed by atoms with Crippen molar-refractivity contribution in [3.63, 3.8) is 0 Å². The van der Waals surface area contributed by atoms with E-state index in [0.717, 1.165) is 11.0 Å². The molecular weight excluding hydrogens is 234 g/mol. The minimum Gasteiger partial charge on any atom is -0.355 e. The van der Waals surface area contributed by atoms with Crippen LogP contribution >= 0.6 is 12.2 Å². The number of H-pyrrole nitrogens is 1. The molecule has 0 aliphatic rings. The normalized spacial score (nSPS) is 12.6. The Balaban J connectivity index is 2.51. The Morgan fingerprint density at radius 1 is 1.53 bits per heavy atom. The zero-order chi connectivity index (χ0) is 12.4. The molecular formula is C12H15N3OS. The van der Waals surface area contributed by atoms with Crippen molar-refractivity contribution in [2.75, 3.05) is 6.54 Å². The van der Waals surface area contributed by atoms with Gasteiger partial charge in [-0.1, -0.05) is 12.1 Å². The maximum Gasteiger partial charge on any atom is 0.242 e. The summed E-state index contributed by atoms with van der Waals surface area (Å²) >= 11 is 5.26. The molecule has 0 fully saturated rings. The molecule has 90 valence electrons. The van der Waals surface area contributed by atoms with Crippen molar-refractivity contribution in [3.8, 4) is 0 Å². The molecule has 0 spiro atoms. The molecule has 2 rings (SSSR count). The van der Waals surface area contributed by atoms with E-state index in [9.17, 15) is 4.79 Å². The SMILES string of the molecule is CCNC(=O)C(C)n1c(=S)[nH]c2ccccc21. The number of nitrogens with one attached hydrogen (secondary N) is 2. The summed E-state index contributed by atoms with van der Waals surface area (Å²) in [7, 11) is 0. The lowest BCUT2D eigenvalue weighted by atomic mass is 10.2. The number of hydrogen-bond donors (Lipinski definition) is 2. The van der Waals surface area contributed by atoms with Crippen LogP contribution in [0.5, 0.6) is 0 Å². The summed E-state index contributed by atoms with van der Waals surface area (Å²) in [5.41, 5.74) is 1.91. The van der Waals surface area contributed by atoms with Crippen molar-refractivity contribution >= 4 is 29.2 Å². The Morgan fingerprint density at radius 3 is 2.94 bits per heavy atom. The molecule has 1 aromatic carbocycles. The van der Waals surface area contributed by atoms with E-state index >= 15 is 0 Å². The molecule has 1 atom stereocenters. The Morgan fingerprint density at radius 2 is 2.24 bits per heavy atom. The highest BCUT2D eigenvalue weighted by Crippen LogP contribution is 2.18. The summed E-state index contributed by atoms with van der Waals surface area (Å²) in [6, 6.07) is 7.47. The van der Waals surface area contributed by atoms with Crippen LogP contribution in [0.4, 0.5) is 0 Å². The smallest absolute Gasteiger partial charge is 0.242 e. The van der Waals surface area contributed by atoms with Gasteiger partial charge in [0.1, 0.15) is 6.04 Å². The minimum absolute atomic E-state index is 0.0200. The molecule has 0 aliphatic heterocycles. The highest BCUT2D eigenvalue weighted by Gasteiger charge is 2.17. The van der Waals surface area contributed by atoms with Gasteiger partial charge in [-0.15, -0.1) is 0 Å². The highest BCUT2D eigenvalue weighted by molar-refractivity contribution is 7.71. The van der Waals surface area contributed by atoms with Gasteiger partial charge in [-0.2, -0.15) is 0 Å². The monoisotopic (exact) mass is 249 g/mol. The molecule has 0 aliphatic carbocycles. The van der Waals surface area contributed by atoms with Crippen LogP contribution in [-0.2, 0) is 4.79 Å². The molecule has 1 amide bonds. The van der Waals surface area contributed by atoms with Crippen molar-refractivity contribution in [2.45, 2.75) is 19.9 Å². The summed E-state index contributed by atoms with van der Waals surface area (Å²) in [5, 5.41) is 2.81. The van der Waals surface area contributed by atoms with Crippen LogP contribution in [0, 0.1) is 4.77 Å². The molecule has 1 unspecified atom stereocenters. The number of aromatic amines is 1. The van der Waals surface area contributed by atoms with E-state index < -0.39 is 0 Å². The van der Waals surface area contributed by atoms with Crippen LogP contribution in [0.2, 0.25) is 0 Å². The Kier molecular flexibility index (Phi) is 3.28. The quantitative estimate of drug-likeness (QED) is 0.821. The molecule has 2 N–H and O–H groups in total. The third-order valence-corrected chi connectivity index (χ3v) is 3.04. The number of fused-ring (bicyclic) bond motifs is 1. The second-order valence-electron chi connectivity index (χ2n) is 3.89. The number of benzene rings is 1. The number of carbonyl (C=O) groups excluding carboxylic acids is 1. The van der Waals surface area contributed by atoms with Crippen molar-refractivity contribution in [1.29, 1.82) is 0 Å². The van der Waals surface area contributed by atoms with E-state index in [0.29, 0.717) is 11.3 Å². The summed E-state index contributed by atoms with van der Waals surface area (Å²) in [4.78, 5) is 14.9. The minimum atomic E-state index is -0.307. The second kappa shape index (κ2) is 4.71. The summed E-state index contributed by atoms with van der Waals surface area (Å²) < 4.78 is 2.42. The highest BCUT2D eigenvalue weighted by atomic mass is 32.1. The first-order chi connectivity index (χ1) is 8.15. The lowest BCUT2D eigenvalue weighted by molar-refractivity contribution is -0.123. The average molecular weight is 249 g/mol. The lowest BCUT2D eigenvalue weighted by Crippen LogP contribution is -2.30. The summed E-state index contributed by atoms with van der Waals surface area (Å²) in [5.74, 6) is -0.0200. The standard InChI is InChI=1S/C12H15N3OS/c1-3-13-11(16)8(2)15-10-7-5-4-6-9(10)14-12(15)17/h4-8H,3H2,1-2H3,(H,13,16)(H,14,17). The zero-order valence-electron chi connectivity index (χ0n) is 9.86. The largest absolute Gasteiger partial charge is 0.355 e. The number of para-hydroxylation sites is 2. The molecule has 17 heavy (non-hydrogen) atoms. The third kappa shape index (κ3) is 2.10. The van der Waals surface area contributed by atoms with E-state index in [1.165, 1.54) is 0 Å². The van der Waals surface area contributed by atoms with E-state index in [1.54, 1.807) is 0 Å². The fourth-order valence-electron chi connectivity index (χ4n) is 1.90. The van der Waals surface area contributed by atoms with Gasteiger partial charge in [-0.05, 0) is 38.2 Å². The number of imidazole rings is 1. The van der Waals surface area contributed by atoms with Gasteiger partial charge in [0.2, 0.25) is 5.91 Å². The first-order valence-corrected chi connectivity index (χ1v) is 6.03. The number of hydrogen-bond acceptors (Lipinski definition) is 2. The van der Waals surface area contributed by atoms with Gasteiger partial charge in [0, 0.05) is 6.54 Å². The molecule has 0 saturated heterocycles. The van der Waals surface area contributed by atoms with Gasteiger partial charge in [0.25, 0.3) is 0 Å². The van der Waals surface area contributed by atoms with Crippen molar-refractivity contribution in [3.05, 3.63) is 29.0 Å². The molecule has 5 heteroatoms. The summed E-state index contributed by atoms with van der Waals surface area (Å²) in [6.07, 6.45) is 0. The van der Waals surface area contributed by atoms with Crippen molar-refractivity contribution in [2.24, 2.45) is 0 Å². The van der Waals surface area contributed by atoms with E-state index in [4.69, 9.17) is 12.2 Å². The first kappa shape index (κ1) is 11.9. The summed E-state index contributed by atoms with van der Waals surface area (Å²) in [6.45, 7) is 4.37. The number of amides is 1. The van der Waals surface area contributed by atoms with E-state index in [-0.39, 0.29) is 11.9 Å². The number of rotatable bonds is 3. The zero-order valence-corrected chi connectivity index (χ0v) is 10.7. The van der Waals surface area contributed by atoms with Gasteiger partial charge in [0.05, 0.1) is 11.0 Å². The Bertz CT molecular complexity index is 599. The van der Waals surface area contributed by atoms with Gasteiger partial charge in [0.15, 0.2) is 4.77 Å². The topological polar surface area (TPSA) is 49.8 Å². The first-order valence-electron chi connectivity index (χ1n) is 5.62. The van der Waals surface area contributed by atoms with Crippen molar-refractivity contribution in [1.82, 2.24) is 14.9 Å². The number of nitrogens with zero attached hydrogens (tertiary/aromatic N) is 1. The lowest BCUT2D eigenvalue weighted by Gasteiger charge is -2.13. The molecule has 2 aromatic rings. The molecule has 1 aromatic heterocycles. The van der Waals surface area contributed by atoms with Crippen LogP contribution in [0.15, 0.2) is 24.3 Å². The van der Waals surface area contributed by atoms with Gasteiger partial charge in [-0.3, -0.25) is 4.79 Å². The van der Waals surface area contributed by atoms with Crippen LogP contribution in [0.1, 0.15) is 19.9 Å². The van der Waals surface area contributed by atoms with E-state index in [1.807, 2.05) is 42.7 Å². The molecule has 0 saturated carbocycles. The third-order valence-electron chi connectivity index (χ3n) is 2.74. The second-order valence-corrected chi connectivity index (χ2v) is 4.27. The van der Waals surface area contributed by atoms with Crippen LogP contribution in [0.3, 0.4) is 0 Å². The van der Waals surface area contributed by atoms with Crippen molar-refractivity contribution < 1.29 is 4.79 Å².